The summed E-state index contributed by atoms with van der Waals surface area (Å²) in [4.78, 5) is 29.0. The van der Waals surface area contributed by atoms with E-state index in [0.29, 0.717) is 35.7 Å². The lowest BCUT2D eigenvalue weighted by molar-refractivity contribution is -0.139. The molecule has 0 saturated heterocycles. The van der Waals surface area contributed by atoms with E-state index in [1.165, 1.54) is 17.0 Å². The number of carbonyl (C=O) groups excluding carboxylic acids is 2. The van der Waals surface area contributed by atoms with Crippen LogP contribution >= 0.6 is 11.6 Å². The Morgan fingerprint density at radius 1 is 0.951 bits per heavy atom. The molecule has 0 aromatic heterocycles. The molecule has 0 aliphatic carbocycles. The molecule has 3 rings (SSSR count). The van der Waals surface area contributed by atoms with Crippen molar-refractivity contribution in [1.29, 1.82) is 0 Å². The van der Waals surface area contributed by atoms with Crippen molar-refractivity contribution in [2.24, 2.45) is 5.92 Å². The molecule has 7 nitrogen and oxygen atoms in total. The van der Waals surface area contributed by atoms with Crippen molar-refractivity contribution in [2.45, 2.75) is 58.4 Å². The largest absolute Gasteiger partial charge is 0.354 e. The minimum Gasteiger partial charge on any atom is -0.354 e. The van der Waals surface area contributed by atoms with Crippen molar-refractivity contribution in [3.63, 3.8) is 0 Å². The van der Waals surface area contributed by atoms with Crippen molar-refractivity contribution in [3.05, 3.63) is 94.5 Å². The number of halogens is 1. The second kappa shape index (κ2) is 14.5. The topological polar surface area (TPSA) is 86.8 Å². The van der Waals surface area contributed by atoms with E-state index >= 15 is 0 Å². The molecule has 3 aromatic carbocycles. The molecule has 220 valence electrons. The van der Waals surface area contributed by atoms with E-state index in [1.54, 1.807) is 37.3 Å². The van der Waals surface area contributed by atoms with Crippen molar-refractivity contribution in [1.82, 2.24) is 10.2 Å². The zero-order valence-corrected chi connectivity index (χ0v) is 26.0. The van der Waals surface area contributed by atoms with Crippen molar-refractivity contribution < 1.29 is 18.0 Å². The quantitative estimate of drug-likeness (QED) is 0.271. The summed E-state index contributed by atoms with van der Waals surface area (Å²) in [6.45, 7) is 9.76. The summed E-state index contributed by atoms with van der Waals surface area (Å²) < 4.78 is 29.1. The van der Waals surface area contributed by atoms with Gasteiger partial charge in [0.15, 0.2) is 0 Å². The van der Waals surface area contributed by atoms with Crippen LogP contribution in [0, 0.1) is 19.8 Å². The van der Waals surface area contributed by atoms with Crippen LogP contribution in [0.15, 0.2) is 77.7 Å². The first-order valence-corrected chi connectivity index (χ1v) is 15.7. The molecule has 3 aromatic rings. The average Bonchev–Trinajstić information content (AvgIpc) is 2.93. The molecule has 1 N–H and O–H groups in total. The van der Waals surface area contributed by atoms with Gasteiger partial charge in [0.25, 0.3) is 10.0 Å². The number of nitrogens with zero attached hydrogens (tertiary/aromatic N) is 2. The molecule has 2 amide bonds. The number of carbonyl (C=O) groups is 2. The smallest absolute Gasteiger partial charge is 0.264 e. The highest BCUT2D eigenvalue weighted by atomic mass is 35.5. The van der Waals surface area contributed by atoms with Crippen molar-refractivity contribution in [3.8, 4) is 0 Å². The second-order valence-corrected chi connectivity index (χ2v) is 12.9. The Kier molecular flexibility index (Phi) is 11.4. The van der Waals surface area contributed by atoms with Gasteiger partial charge in [-0.1, -0.05) is 80.4 Å². The molecule has 41 heavy (non-hydrogen) atoms. The molecule has 9 heteroatoms. The van der Waals surface area contributed by atoms with Gasteiger partial charge in [0.05, 0.1) is 10.6 Å². The molecule has 0 bridgehead atoms. The van der Waals surface area contributed by atoms with Gasteiger partial charge >= 0.3 is 0 Å². The van der Waals surface area contributed by atoms with Crippen LogP contribution in [0.5, 0.6) is 0 Å². The zero-order valence-electron chi connectivity index (χ0n) is 24.4. The lowest BCUT2D eigenvalue weighted by Gasteiger charge is -2.33. The van der Waals surface area contributed by atoms with Crippen LogP contribution in [0.2, 0.25) is 5.02 Å². The van der Waals surface area contributed by atoms with Gasteiger partial charge < -0.3 is 10.2 Å². The fourth-order valence-corrected chi connectivity index (χ4v) is 6.27. The summed E-state index contributed by atoms with van der Waals surface area (Å²) in [6.07, 6.45) is 0.903. The number of aryl methyl sites for hydroxylation is 2. The molecule has 0 saturated carbocycles. The molecular weight excluding hydrogens is 558 g/mol. The van der Waals surface area contributed by atoms with Gasteiger partial charge in [-0.2, -0.15) is 0 Å². The highest BCUT2D eigenvalue weighted by Crippen LogP contribution is 2.29. The second-order valence-electron chi connectivity index (χ2n) is 10.6. The Balaban J connectivity index is 2.03. The third-order valence-corrected chi connectivity index (χ3v) is 8.88. The Bertz CT molecular complexity index is 1430. The van der Waals surface area contributed by atoms with Gasteiger partial charge in [-0.25, -0.2) is 8.42 Å². The zero-order chi connectivity index (χ0) is 30.2. The normalized spacial score (nSPS) is 12.2. The summed E-state index contributed by atoms with van der Waals surface area (Å²) >= 11 is 6.19. The van der Waals surface area contributed by atoms with Gasteiger partial charge in [0, 0.05) is 18.1 Å². The maximum Gasteiger partial charge on any atom is 0.264 e. The maximum atomic E-state index is 14.1. The van der Waals surface area contributed by atoms with Crippen LogP contribution in [-0.2, 0) is 26.0 Å². The standard InChI is InChI=1S/C32H40ClN3O4S/c1-6-29(32(38)34-21-23(2)3)35(19-18-26-10-8-7-9-11-26)31(37)22-36(30-17-14-27(33)20-25(30)5)41(39,40)28-15-12-24(4)13-16-28/h7-17,20,23,29H,6,18-19,21-22H2,1-5H3,(H,34,38). The van der Waals surface area contributed by atoms with E-state index in [9.17, 15) is 18.0 Å². The van der Waals surface area contributed by atoms with Gasteiger partial charge in [0.1, 0.15) is 12.6 Å². The fraction of sp³-hybridized carbons (Fsp3) is 0.375. The monoisotopic (exact) mass is 597 g/mol. The lowest BCUT2D eigenvalue weighted by atomic mass is 10.1. The summed E-state index contributed by atoms with van der Waals surface area (Å²) in [5, 5.41) is 3.41. The SMILES string of the molecule is CCC(C(=O)NCC(C)C)N(CCc1ccccc1)C(=O)CN(c1ccc(Cl)cc1C)S(=O)(=O)c1ccc(C)cc1. The van der Waals surface area contributed by atoms with Gasteiger partial charge in [-0.05, 0) is 74.1 Å². The van der Waals surface area contributed by atoms with Crippen LogP contribution in [-0.4, -0.2) is 50.8 Å². The van der Waals surface area contributed by atoms with E-state index < -0.39 is 28.5 Å². The minimum atomic E-state index is -4.13. The molecule has 0 fully saturated rings. The highest BCUT2D eigenvalue weighted by molar-refractivity contribution is 7.92. The van der Waals surface area contributed by atoms with E-state index in [0.717, 1.165) is 15.4 Å². The average molecular weight is 598 g/mol. The van der Waals surface area contributed by atoms with Crippen LogP contribution in [0.1, 0.15) is 43.9 Å². The molecule has 1 unspecified atom stereocenters. The molecule has 0 spiro atoms. The number of benzene rings is 3. The van der Waals surface area contributed by atoms with Gasteiger partial charge in [-0.3, -0.25) is 13.9 Å². The van der Waals surface area contributed by atoms with Crippen LogP contribution in [0.25, 0.3) is 0 Å². The first-order valence-electron chi connectivity index (χ1n) is 13.9. The van der Waals surface area contributed by atoms with E-state index in [-0.39, 0.29) is 23.3 Å². The number of rotatable bonds is 13. The summed E-state index contributed by atoms with van der Waals surface area (Å²) in [7, 11) is -4.13. The molecule has 0 radical (unpaired) electrons. The molecular formula is C32H40ClN3O4S. The number of anilines is 1. The van der Waals surface area contributed by atoms with E-state index in [1.807, 2.05) is 58.0 Å². The predicted octanol–water partition coefficient (Wildman–Crippen LogP) is 5.77. The number of amides is 2. The molecule has 0 heterocycles. The summed E-state index contributed by atoms with van der Waals surface area (Å²) in [6, 6.07) is 20.3. The number of hydrogen-bond acceptors (Lipinski definition) is 4. The summed E-state index contributed by atoms with van der Waals surface area (Å²) in [5.74, 6) is -0.469. The minimum absolute atomic E-state index is 0.0720. The van der Waals surface area contributed by atoms with Gasteiger partial charge in [0.2, 0.25) is 11.8 Å². The molecule has 0 aliphatic heterocycles. The van der Waals surface area contributed by atoms with Crippen LogP contribution in [0.3, 0.4) is 0 Å². The number of nitrogens with one attached hydrogen (secondary N) is 1. The molecule has 0 aliphatic rings. The Hall–Kier alpha value is -3.36. The van der Waals surface area contributed by atoms with Crippen molar-refractivity contribution in [2.75, 3.05) is 23.9 Å². The Morgan fingerprint density at radius 2 is 1.61 bits per heavy atom. The Labute approximate surface area is 249 Å². The molecule has 1 atom stereocenters. The first-order chi connectivity index (χ1) is 19.4. The Morgan fingerprint density at radius 3 is 2.20 bits per heavy atom. The highest BCUT2D eigenvalue weighted by Gasteiger charge is 2.34. The summed E-state index contributed by atoms with van der Waals surface area (Å²) in [5.41, 5.74) is 2.89. The van der Waals surface area contributed by atoms with Gasteiger partial charge in [-0.15, -0.1) is 0 Å². The third-order valence-electron chi connectivity index (χ3n) is 6.87. The lowest BCUT2D eigenvalue weighted by Crippen LogP contribution is -2.53. The van der Waals surface area contributed by atoms with E-state index in [4.69, 9.17) is 11.6 Å². The number of sulfonamides is 1. The first kappa shape index (κ1) is 32.2. The predicted molar refractivity (Wildman–Crippen MR) is 166 cm³/mol. The third kappa shape index (κ3) is 8.57. The van der Waals surface area contributed by atoms with Crippen LogP contribution in [0.4, 0.5) is 5.69 Å². The van der Waals surface area contributed by atoms with Crippen molar-refractivity contribution >= 4 is 39.1 Å². The maximum absolute atomic E-state index is 14.1. The van der Waals surface area contributed by atoms with E-state index in [2.05, 4.69) is 5.32 Å². The van der Waals surface area contributed by atoms with Crippen LogP contribution < -0.4 is 9.62 Å². The fourth-order valence-electron chi connectivity index (χ4n) is 4.57. The number of hydrogen-bond donors (Lipinski definition) is 1.